The van der Waals surface area contributed by atoms with Gasteiger partial charge in [0.15, 0.2) is 5.58 Å². The summed E-state index contributed by atoms with van der Waals surface area (Å²) in [4.78, 5) is 24.1. The van der Waals surface area contributed by atoms with E-state index in [-0.39, 0.29) is 18.7 Å². The van der Waals surface area contributed by atoms with Gasteiger partial charge in [-0.05, 0) is 29.8 Å². The first kappa shape index (κ1) is 17.6. The Hall–Kier alpha value is -3.22. The standard InChI is InChI=1S/C19H17FN2O4/c1-25-19(24)11-15(12-6-8-13(20)9-7-12)21-18(23)10-16-14-4-2-3-5-17(14)26-22-16/h2-9,15H,10-11H2,1H3,(H,21,23). The number of nitrogens with one attached hydrogen (secondary N) is 1. The number of amides is 1. The van der Waals surface area contributed by atoms with Crippen molar-refractivity contribution in [3.63, 3.8) is 0 Å². The lowest BCUT2D eigenvalue weighted by molar-refractivity contribution is -0.141. The Morgan fingerprint density at radius 3 is 2.65 bits per heavy atom. The van der Waals surface area contributed by atoms with Crippen molar-refractivity contribution in [1.82, 2.24) is 10.5 Å². The van der Waals surface area contributed by atoms with Crippen LogP contribution in [-0.2, 0) is 20.7 Å². The van der Waals surface area contributed by atoms with Gasteiger partial charge in [0.2, 0.25) is 5.91 Å². The van der Waals surface area contributed by atoms with E-state index in [1.807, 2.05) is 18.2 Å². The van der Waals surface area contributed by atoms with E-state index in [0.29, 0.717) is 16.8 Å². The number of rotatable bonds is 6. The maximum atomic E-state index is 13.1. The molecule has 1 atom stereocenters. The van der Waals surface area contributed by atoms with E-state index in [2.05, 4.69) is 15.2 Å². The van der Waals surface area contributed by atoms with E-state index in [4.69, 9.17) is 4.52 Å². The topological polar surface area (TPSA) is 81.4 Å². The van der Waals surface area contributed by atoms with E-state index in [9.17, 15) is 14.0 Å². The zero-order valence-electron chi connectivity index (χ0n) is 14.1. The van der Waals surface area contributed by atoms with Crippen molar-refractivity contribution in [2.24, 2.45) is 0 Å². The number of carbonyl (C=O) groups excluding carboxylic acids is 2. The zero-order valence-corrected chi connectivity index (χ0v) is 14.1. The molecule has 1 heterocycles. The fraction of sp³-hybridized carbons (Fsp3) is 0.211. The molecular weight excluding hydrogens is 339 g/mol. The minimum atomic E-state index is -0.631. The molecule has 134 valence electrons. The lowest BCUT2D eigenvalue weighted by Gasteiger charge is -2.18. The number of benzene rings is 2. The Labute approximate surface area is 148 Å². The van der Waals surface area contributed by atoms with Crippen LogP contribution in [0, 0.1) is 5.82 Å². The van der Waals surface area contributed by atoms with Crippen LogP contribution < -0.4 is 5.32 Å². The largest absolute Gasteiger partial charge is 0.469 e. The second kappa shape index (κ2) is 7.77. The van der Waals surface area contributed by atoms with E-state index in [1.165, 1.54) is 31.4 Å². The number of nitrogens with zero attached hydrogens (tertiary/aromatic N) is 1. The first-order valence-electron chi connectivity index (χ1n) is 8.01. The van der Waals surface area contributed by atoms with Gasteiger partial charge in [0, 0.05) is 5.39 Å². The van der Waals surface area contributed by atoms with Gasteiger partial charge in [-0.25, -0.2) is 4.39 Å². The highest BCUT2D eigenvalue weighted by Gasteiger charge is 2.20. The van der Waals surface area contributed by atoms with Crippen LogP contribution in [0.25, 0.3) is 11.0 Å². The number of methoxy groups -OCH3 is 1. The van der Waals surface area contributed by atoms with Crippen LogP contribution in [-0.4, -0.2) is 24.1 Å². The molecule has 3 aromatic rings. The molecule has 1 N–H and O–H groups in total. The van der Waals surface area contributed by atoms with Crippen LogP contribution in [0.5, 0.6) is 0 Å². The average Bonchev–Trinajstić information content (AvgIpc) is 3.04. The number of hydrogen-bond acceptors (Lipinski definition) is 5. The molecular formula is C19H17FN2O4. The van der Waals surface area contributed by atoms with Crippen molar-refractivity contribution in [3.8, 4) is 0 Å². The van der Waals surface area contributed by atoms with Crippen LogP contribution in [0.2, 0.25) is 0 Å². The first-order chi connectivity index (χ1) is 12.6. The van der Waals surface area contributed by atoms with Crippen LogP contribution in [0.1, 0.15) is 23.7 Å². The Balaban J connectivity index is 1.76. The van der Waals surface area contributed by atoms with Gasteiger partial charge >= 0.3 is 5.97 Å². The van der Waals surface area contributed by atoms with Gasteiger partial charge in [-0.1, -0.05) is 29.4 Å². The summed E-state index contributed by atoms with van der Waals surface area (Å²) < 4.78 is 23.0. The van der Waals surface area contributed by atoms with Crippen molar-refractivity contribution in [2.75, 3.05) is 7.11 Å². The van der Waals surface area contributed by atoms with Crippen LogP contribution in [0.15, 0.2) is 53.1 Å². The SMILES string of the molecule is COC(=O)CC(NC(=O)Cc1noc2ccccc12)c1ccc(F)cc1. The Kier molecular flexibility index (Phi) is 5.26. The molecule has 0 saturated heterocycles. The highest BCUT2D eigenvalue weighted by Crippen LogP contribution is 2.20. The summed E-state index contributed by atoms with van der Waals surface area (Å²) in [5.41, 5.74) is 1.71. The monoisotopic (exact) mass is 356 g/mol. The summed E-state index contributed by atoms with van der Waals surface area (Å²) >= 11 is 0. The van der Waals surface area contributed by atoms with Gasteiger partial charge in [-0.3, -0.25) is 9.59 Å². The third-order valence-corrected chi connectivity index (χ3v) is 3.99. The summed E-state index contributed by atoms with van der Waals surface area (Å²) in [6.45, 7) is 0. The number of halogens is 1. The molecule has 1 aromatic heterocycles. The molecule has 0 fully saturated rings. The second-order valence-electron chi connectivity index (χ2n) is 5.75. The predicted molar refractivity (Wildman–Crippen MR) is 91.6 cm³/mol. The molecule has 6 nitrogen and oxygen atoms in total. The number of para-hydroxylation sites is 1. The molecule has 0 aliphatic rings. The molecule has 1 unspecified atom stereocenters. The minimum Gasteiger partial charge on any atom is -0.469 e. The van der Waals surface area contributed by atoms with Gasteiger partial charge in [-0.2, -0.15) is 0 Å². The molecule has 0 radical (unpaired) electrons. The summed E-state index contributed by atoms with van der Waals surface area (Å²) in [6, 6.07) is 12.2. The molecule has 0 bridgehead atoms. The smallest absolute Gasteiger partial charge is 0.307 e. The Morgan fingerprint density at radius 1 is 1.19 bits per heavy atom. The third-order valence-electron chi connectivity index (χ3n) is 3.99. The highest BCUT2D eigenvalue weighted by molar-refractivity contribution is 5.86. The van der Waals surface area contributed by atoms with Gasteiger partial charge in [0.1, 0.15) is 11.5 Å². The maximum Gasteiger partial charge on any atom is 0.307 e. The molecule has 1 amide bonds. The normalized spacial score (nSPS) is 11.9. The van der Waals surface area contributed by atoms with Crippen molar-refractivity contribution in [1.29, 1.82) is 0 Å². The Bertz CT molecular complexity index is 921. The third kappa shape index (κ3) is 4.05. The summed E-state index contributed by atoms with van der Waals surface area (Å²) in [6.07, 6.45) is -0.0662. The fourth-order valence-corrected chi connectivity index (χ4v) is 2.66. The van der Waals surface area contributed by atoms with E-state index < -0.39 is 17.8 Å². The maximum absolute atomic E-state index is 13.1. The van der Waals surface area contributed by atoms with Gasteiger partial charge in [0.05, 0.1) is 26.0 Å². The van der Waals surface area contributed by atoms with Crippen molar-refractivity contribution < 1.29 is 23.2 Å². The van der Waals surface area contributed by atoms with Crippen molar-refractivity contribution in [3.05, 3.63) is 65.6 Å². The molecule has 26 heavy (non-hydrogen) atoms. The summed E-state index contributed by atoms with van der Waals surface area (Å²) in [5.74, 6) is -1.21. The molecule has 0 spiro atoms. The van der Waals surface area contributed by atoms with Crippen LogP contribution >= 0.6 is 0 Å². The van der Waals surface area contributed by atoms with Gasteiger partial charge in [-0.15, -0.1) is 0 Å². The molecule has 2 aromatic carbocycles. The number of ether oxygens (including phenoxy) is 1. The predicted octanol–water partition coefficient (Wildman–Crippen LogP) is 2.93. The van der Waals surface area contributed by atoms with Crippen LogP contribution in [0.4, 0.5) is 4.39 Å². The lowest BCUT2D eigenvalue weighted by atomic mass is 10.0. The molecule has 3 rings (SSSR count). The minimum absolute atomic E-state index is 0.00409. The Morgan fingerprint density at radius 2 is 1.92 bits per heavy atom. The van der Waals surface area contributed by atoms with Crippen LogP contribution in [0.3, 0.4) is 0 Å². The van der Waals surface area contributed by atoms with E-state index in [0.717, 1.165) is 5.39 Å². The van der Waals surface area contributed by atoms with Crippen molar-refractivity contribution >= 4 is 22.8 Å². The van der Waals surface area contributed by atoms with Gasteiger partial charge in [0.25, 0.3) is 0 Å². The average molecular weight is 356 g/mol. The number of fused-ring (bicyclic) bond motifs is 1. The highest BCUT2D eigenvalue weighted by atomic mass is 19.1. The second-order valence-corrected chi connectivity index (χ2v) is 5.75. The number of carbonyl (C=O) groups is 2. The van der Waals surface area contributed by atoms with Gasteiger partial charge < -0.3 is 14.6 Å². The number of esters is 1. The summed E-state index contributed by atoms with van der Waals surface area (Å²) in [5, 5.41) is 7.46. The van der Waals surface area contributed by atoms with E-state index in [1.54, 1.807) is 6.07 Å². The quantitative estimate of drug-likeness (QED) is 0.687. The molecule has 7 heteroatoms. The number of aromatic nitrogens is 1. The van der Waals surface area contributed by atoms with E-state index >= 15 is 0 Å². The zero-order chi connectivity index (χ0) is 18.5. The molecule has 0 saturated carbocycles. The molecule has 0 aliphatic carbocycles. The molecule has 0 aliphatic heterocycles. The fourth-order valence-electron chi connectivity index (χ4n) is 2.66. The van der Waals surface area contributed by atoms with Crippen molar-refractivity contribution in [2.45, 2.75) is 18.9 Å². The number of hydrogen-bond donors (Lipinski definition) is 1. The lowest BCUT2D eigenvalue weighted by Crippen LogP contribution is -2.31. The first-order valence-corrected chi connectivity index (χ1v) is 8.01. The summed E-state index contributed by atoms with van der Waals surface area (Å²) in [7, 11) is 1.27.